The van der Waals surface area contributed by atoms with Crippen LogP contribution < -0.4 is 10.0 Å². The molecule has 3 aromatic rings. The highest BCUT2D eigenvalue weighted by Gasteiger charge is 2.25. The van der Waals surface area contributed by atoms with E-state index in [0.29, 0.717) is 13.0 Å². The summed E-state index contributed by atoms with van der Waals surface area (Å²) in [5.74, 6) is 0.121. The van der Waals surface area contributed by atoms with Gasteiger partial charge < -0.3 is 5.32 Å². The lowest BCUT2D eigenvalue weighted by Gasteiger charge is -2.20. The smallest absolute Gasteiger partial charge is 0.241 e. The second kappa shape index (κ2) is 8.19. The van der Waals surface area contributed by atoms with Crippen LogP contribution in [0.1, 0.15) is 35.1 Å². The Balaban J connectivity index is 1.61. The van der Waals surface area contributed by atoms with E-state index in [1.54, 1.807) is 24.3 Å². The summed E-state index contributed by atoms with van der Waals surface area (Å²) < 4.78 is 29.0. The van der Waals surface area contributed by atoms with Gasteiger partial charge in [-0.15, -0.1) is 0 Å². The Kier molecular flexibility index (Phi) is 5.47. The summed E-state index contributed by atoms with van der Waals surface area (Å²) in [5.41, 5.74) is 2.70. The van der Waals surface area contributed by atoms with Crippen molar-refractivity contribution in [2.75, 3.05) is 6.54 Å². The fourth-order valence-corrected chi connectivity index (χ4v) is 4.82. The van der Waals surface area contributed by atoms with Gasteiger partial charge in [0.2, 0.25) is 15.9 Å². The topological polar surface area (TPSA) is 75.3 Å². The maximum absolute atomic E-state index is 13.1. The minimum Gasteiger partial charge on any atom is -0.355 e. The standard InChI is InChI=1S/C23H22N2O3S/c26-22-15-20(16-24-22)17-11-13-21(14-12-17)29(27,28)25-23(18-7-3-1-4-8-18)19-9-5-2-6-10-19/h1-14,20,23,25H,15-16H2,(H,24,26)/t20-/m1/s1. The van der Waals surface area contributed by atoms with Crippen molar-refractivity contribution in [3.8, 4) is 0 Å². The van der Waals surface area contributed by atoms with Gasteiger partial charge in [-0.05, 0) is 28.8 Å². The van der Waals surface area contributed by atoms with Crippen molar-refractivity contribution < 1.29 is 13.2 Å². The number of amides is 1. The maximum atomic E-state index is 13.1. The number of hydrogen-bond donors (Lipinski definition) is 2. The maximum Gasteiger partial charge on any atom is 0.241 e. The lowest BCUT2D eigenvalue weighted by molar-refractivity contribution is -0.119. The molecule has 1 amide bonds. The van der Waals surface area contributed by atoms with Gasteiger partial charge in [0.25, 0.3) is 0 Å². The van der Waals surface area contributed by atoms with Crippen molar-refractivity contribution in [1.29, 1.82) is 0 Å². The van der Waals surface area contributed by atoms with E-state index in [4.69, 9.17) is 0 Å². The summed E-state index contributed by atoms with van der Waals surface area (Å²) in [6.45, 7) is 0.591. The molecule has 0 aliphatic carbocycles. The first kappa shape index (κ1) is 19.4. The van der Waals surface area contributed by atoms with Gasteiger partial charge in [-0.1, -0.05) is 72.8 Å². The van der Waals surface area contributed by atoms with E-state index in [9.17, 15) is 13.2 Å². The summed E-state index contributed by atoms with van der Waals surface area (Å²) in [5, 5.41) is 2.81. The molecule has 1 aliphatic rings. The molecule has 0 saturated carbocycles. The summed E-state index contributed by atoms with van der Waals surface area (Å²) in [6, 6.07) is 25.3. The van der Waals surface area contributed by atoms with Gasteiger partial charge in [0, 0.05) is 18.9 Å². The van der Waals surface area contributed by atoms with Gasteiger partial charge in [-0.3, -0.25) is 4.79 Å². The first-order valence-electron chi connectivity index (χ1n) is 9.52. The minimum atomic E-state index is -3.74. The molecular weight excluding hydrogens is 384 g/mol. The summed E-state index contributed by atoms with van der Waals surface area (Å²) >= 11 is 0. The van der Waals surface area contributed by atoms with E-state index < -0.39 is 16.1 Å². The van der Waals surface area contributed by atoms with Gasteiger partial charge in [0.1, 0.15) is 0 Å². The lowest BCUT2D eigenvalue weighted by atomic mass is 9.99. The van der Waals surface area contributed by atoms with Gasteiger partial charge >= 0.3 is 0 Å². The molecule has 1 aliphatic heterocycles. The molecule has 2 N–H and O–H groups in total. The van der Waals surface area contributed by atoms with E-state index in [2.05, 4.69) is 10.0 Å². The molecule has 1 atom stereocenters. The molecule has 3 aromatic carbocycles. The van der Waals surface area contributed by atoms with E-state index >= 15 is 0 Å². The summed E-state index contributed by atoms with van der Waals surface area (Å²) in [4.78, 5) is 11.6. The third kappa shape index (κ3) is 4.39. The molecule has 0 spiro atoms. The number of benzene rings is 3. The average Bonchev–Trinajstić information content (AvgIpc) is 3.20. The van der Waals surface area contributed by atoms with E-state index in [-0.39, 0.29) is 16.7 Å². The van der Waals surface area contributed by atoms with Crippen LogP contribution in [0, 0.1) is 0 Å². The van der Waals surface area contributed by atoms with Crippen LogP contribution >= 0.6 is 0 Å². The number of hydrogen-bond acceptors (Lipinski definition) is 3. The third-order valence-corrected chi connectivity index (χ3v) is 6.62. The fraction of sp³-hybridized carbons (Fsp3) is 0.174. The highest BCUT2D eigenvalue weighted by atomic mass is 32.2. The van der Waals surface area contributed by atoms with E-state index in [1.807, 2.05) is 60.7 Å². The molecule has 4 rings (SSSR count). The number of carbonyl (C=O) groups excluding carboxylic acids is 1. The van der Waals surface area contributed by atoms with Crippen LogP contribution in [-0.4, -0.2) is 20.9 Å². The van der Waals surface area contributed by atoms with Crippen LogP contribution in [0.25, 0.3) is 0 Å². The van der Waals surface area contributed by atoms with Crippen molar-refractivity contribution >= 4 is 15.9 Å². The van der Waals surface area contributed by atoms with Crippen molar-refractivity contribution in [2.24, 2.45) is 0 Å². The molecule has 0 radical (unpaired) electrons. The highest BCUT2D eigenvalue weighted by molar-refractivity contribution is 7.89. The molecule has 0 bridgehead atoms. The predicted octanol–water partition coefficient (Wildman–Crippen LogP) is 3.36. The molecule has 0 unspecified atom stereocenters. The van der Waals surface area contributed by atoms with Crippen LogP contribution in [-0.2, 0) is 14.8 Å². The lowest BCUT2D eigenvalue weighted by Crippen LogP contribution is -2.29. The van der Waals surface area contributed by atoms with Crippen LogP contribution in [0.2, 0.25) is 0 Å². The van der Waals surface area contributed by atoms with E-state index in [1.165, 1.54) is 0 Å². The van der Waals surface area contributed by atoms with Crippen molar-refractivity contribution in [3.05, 3.63) is 102 Å². The third-order valence-electron chi connectivity index (χ3n) is 5.18. The van der Waals surface area contributed by atoms with Crippen molar-refractivity contribution in [3.63, 3.8) is 0 Å². The average molecular weight is 407 g/mol. The highest BCUT2D eigenvalue weighted by Crippen LogP contribution is 2.27. The van der Waals surface area contributed by atoms with E-state index in [0.717, 1.165) is 16.7 Å². The van der Waals surface area contributed by atoms with Gasteiger partial charge in [-0.2, -0.15) is 4.72 Å². The second-order valence-corrected chi connectivity index (χ2v) is 8.86. The Labute approximate surface area is 170 Å². The zero-order chi connectivity index (χ0) is 20.3. The number of carbonyl (C=O) groups is 1. The second-order valence-electron chi connectivity index (χ2n) is 7.15. The monoisotopic (exact) mass is 406 g/mol. The molecule has 1 fully saturated rings. The molecule has 1 saturated heterocycles. The Hall–Kier alpha value is -2.96. The Morgan fingerprint density at radius 2 is 1.38 bits per heavy atom. The summed E-state index contributed by atoms with van der Waals surface area (Å²) in [6.07, 6.45) is 0.439. The molecule has 29 heavy (non-hydrogen) atoms. The Morgan fingerprint density at radius 1 is 0.828 bits per heavy atom. The quantitative estimate of drug-likeness (QED) is 0.659. The Morgan fingerprint density at radius 3 is 1.86 bits per heavy atom. The number of rotatable bonds is 6. The van der Waals surface area contributed by atoms with Crippen LogP contribution in [0.5, 0.6) is 0 Å². The van der Waals surface area contributed by atoms with Gasteiger partial charge in [-0.25, -0.2) is 8.42 Å². The first-order chi connectivity index (χ1) is 14.0. The fourth-order valence-electron chi connectivity index (χ4n) is 3.60. The summed E-state index contributed by atoms with van der Waals surface area (Å²) in [7, 11) is -3.74. The van der Waals surface area contributed by atoms with Crippen molar-refractivity contribution in [1.82, 2.24) is 10.0 Å². The zero-order valence-electron chi connectivity index (χ0n) is 15.8. The number of sulfonamides is 1. The van der Waals surface area contributed by atoms with Crippen LogP contribution in [0.15, 0.2) is 89.8 Å². The molecule has 148 valence electrons. The van der Waals surface area contributed by atoms with Crippen LogP contribution in [0.3, 0.4) is 0 Å². The molecule has 0 aromatic heterocycles. The minimum absolute atomic E-state index is 0.0296. The largest absolute Gasteiger partial charge is 0.355 e. The molecular formula is C23H22N2O3S. The van der Waals surface area contributed by atoms with Gasteiger partial charge in [0.05, 0.1) is 10.9 Å². The van der Waals surface area contributed by atoms with Crippen LogP contribution in [0.4, 0.5) is 0 Å². The van der Waals surface area contributed by atoms with Gasteiger partial charge in [0.15, 0.2) is 0 Å². The Bertz CT molecular complexity index is 1040. The zero-order valence-corrected chi connectivity index (χ0v) is 16.6. The SMILES string of the molecule is O=C1C[C@@H](c2ccc(S(=O)(=O)NC(c3ccccc3)c3ccccc3)cc2)CN1. The predicted molar refractivity (Wildman–Crippen MR) is 112 cm³/mol. The molecule has 1 heterocycles. The first-order valence-corrected chi connectivity index (χ1v) is 11.0. The normalized spacial score (nSPS) is 16.7. The molecule has 5 nitrogen and oxygen atoms in total. The number of nitrogens with one attached hydrogen (secondary N) is 2. The van der Waals surface area contributed by atoms with Crippen molar-refractivity contribution in [2.45, 2.75) is 23.3 Å². The molecule has 6 heteroatoms.